The number of aromatic nitrogens is 11. The summed E-state index contributed by atoms with van der Waals surface area (Å²) >= 11 is 52.8. The van der Waals surface area contributed by atoms with E-state index in [2.05, 4.69) is 97.9 Å². The van der Waals surface area contributed by atoms with Crippen LogP contribution >= 0.6 is 112 Å². The van der Waals surface area contributed by atoms with Crippen molar-refractivity contribution in [3.63, 3.8) is 0 Å². The van der Waals surface area contributed by atoms with Crippen molar-refractivity contribution in [3.8, 4) is 47.3 Å². The maximum atomic E-state index is 12.3. The third kappa shape index (κ3) is 26.4. The summed E-state index contributed by atoms with van der Waals surface area (Å²) in [6, 6.07) is 35.6. The fourth-order valence-corrected chi connectivity index (χ4v) is 17.9. The monoisotopic (exact) mass is 2170 g/mol. The number of hydrazone groups is 4. The van der Waals surface area contributed by atoms with Gasteiger partial charge in [0.25, 0.3) is 27.8 Å². The summed E-state index contributed by atoms with van der Waals surface area (Å²) in [5.74, 6) is 0.367. The highest BCUT2D eigenvalue weighted by Crippen LogP contribution is 2.45. The van der Waals surface area contributed by atoms with Crippen LogP contribution in [0.3, 0.4) is 0 Å². The molecular formula is C96H88Cl8N27O13PS. The number of allylic oxidation sites excluding steroid dienone is 4. The van der Waals surface area contributed by atoms with Crippen LogP contribution in [0.25, 0.3) is 5.69 Å². The molecule has 0 radical (unpaired) electrons. The summed E-state index contributed by atoms with van der Waals surface area (Å²) < 4.78 is 33.2. The Balaban J connectivity index is 0.000000174. The minimum atomic E-state index is -3.21. The number of amides is 8. The highest BCUT2D eigenvalue weighted by molar-refractivity contribution is 7.56. The van der Waals surface area contributed by atoms with E-state index in [1.165, 1.54) is 122 Å². The molecule has 146 heavy (non-hydrogen) atoms. The molecule has 11 aromatic rings. The molecule has 8 amide bonds. The van der Waals surface area contributed by atoms with Gasteiger partial charge in [-0.25, -0.2) is 37.9 Å². The van der Waals surface area contributed by atoms with Crippen LogP contribution in [0.4, 0.5) is 41.9 Å². The van der Waals surface area contributed by atoms with Crippen molar-refractivity contribution in [1.29, 1.82) is 21.0 Å². The van der Waals surface area contributed by atoms with Crippen LogP contribution in [0, 0.1) is 59.2 Å². The zero-order chi connectivity index (χ0) is 107. The standard InChI is InChI=1S/C21H20Cl2N6O2.C20H18Cl2N6O2.C19H16Cl2N6O2.C18H9Cl2N7O3S.C18H25N2O4P/c1-11(2)28-18(30)7-6-17(27-28)21(4,5)19-14(22)8-13(9-15(19)23)29-20(31)25-12(3)16(10-24)26-29;1-10(2)27-18(29)6-5-16(25-27)11(3)19-14(21)7-13(8-15(19)22)28-20(30)24-12(4)17(9-23)26-28;1-10(2)26-18(28)5-4-12(24-26)6-14-15(20)7-13(8-16(14)21)27-19(29)23-11(3)17(9-22)25-27;1-9-14(6-21)24-27(18(29)23-9)10-4-12(19)17(13(20)5-10)30-15-2-3-16(28)26(25-15)11-7-22-31-8-11;1-12(2)20-18(21)7-6-15(19-20)10-17-13(3)8-16(9-14(17)4)24-11-25(5,22)23/h6-9,11H,3H2,1-2,4-5H3,(H,25,31);5-8,10-11H,4H2,1-3H3,(H,24,30);4-5,7-8,10H,3,6H2,1-2H3,(H,23,29);2-5,7-8H,1H2,(H,23,29);6-9,12H,10-11H2,1-5H3,(H,22,23). The summed E-state index contributed by atoms with van der Waals surface area (Å²) in [5, 5.41) is 91.5. The molecule has 4 aliphatic heterocycles. The first-order valence-electron chi connectivity index (χ1n) is 43.4. The Labute approximate surface area is 878 Å². The number of carbonyl (C=O) groups excluding carboxylic acids is 4. The van der Waals surface area contributed by atoms with E-state index in [9.17, 15) is 57.9 Å². The molecule has 0 aliphatic carbocycles. The molecule has 0 spiro atoms. The Morgan fingerprint density at radius 2 is 0.795 bits per heavy atom. The Morgan fingerprint density at radius 3 is 1.17 bits per heavy atom. The summed E-state index contributed by atoms with van der Waals surface area (Å²) in [6.07, 6.45) is 2.19. The van der Waals surface area contributed by atoms with Gasteiger partial charge in [0, 0.05) is 108 Å². The molecule has 6 aromatic heterocycles. The van der Waals surface area contributed by atoms with E-state index in [-0.39, 0.29) is 153 Å². The Morgan fingerprint density at radius 1 is 0.445 bits per heavy atom. The third-order valence-corrected chi connectivity index (χ3v) is 25.0. The summed E-state index contributed by atoms with van der Waals surface area (Å²) in [5.41, 5.74) is 7.57. The van der Waals surface area contributed by atoms with Crippen LogP contribution < -0.4 is 78.6 Å². The van der Waals surface area contributed by atoms with Crippen molar-refractivity contribution >= 4 is 181 Å². The highest BCUT2D eigenvalue weighted by Gasteiger charge is 2.36. The maximum absolute atomic E-state index is 12.3. The van der Waals surface area contributed by atoms with Crippen molar-refractivity contribution in [1.82, 2.24) is 74.5 Å². The number of nitriles is 4. The summed E-state index contributed by atoms with van der Waals surface area (Å²) in [6.45, 7) is 40.2. The normalized spacial score (nSPS) is 14.1. The lowest BCUT2D eigenvalue weighted by Gasteiger charge is -2.29. The van der Waals surface area contributed by atoms with Crippen LogP contribution in [0.15, 0.2) is 226 Å². The van der Waals surface area contributed by atoms with Crippen molar-refractivity contribution in [2.75, 3.05) is 33.0 Å². The molecule has 50 heteroatoms. The molecule has 15 rings (SSSR count). The highest BCUT2D eigenvalue weighted by atomic mass is 35.5. The van der Waals surface area contributed by atoms with Crippen LogP contribution in [0.1, 0.15) is 162 Å². The van der Waals surface area contributed by atoms with E-state index in [0.717, 1.165) is 47.1 Å². The average Bonchev–Trinajstić information content (AvgIpc) is 0.782. The molecule has 5 N–H and O–H groups in total. The molecule has 4 aliphatic rings. The molecular weight excluding hydrogens is 2090 g/mol. The molecule has 0 fully saturated rings. The SMILES string of the molecule is C=C1NC(=O)N(c2cc(Cl)c(C(C)(C)c3ccc(=O)n(C(C)C)n3)c(Cl)c2)N=C1C#N.C=C1NC(=O)N(c2cc(Cl)c(C(C)c3ccc(=O)n(C(C)C)n3)c(Cl)c2)N=C1C#N.C=C1NC(=O)N(c2cc(Cl)c(Cc3ccc(=O)n(C(C)C)n3)c(Cl)c2)N=C1C#N.C=C1NC(=O)N(c2cc(Cl)c(Oc3ccc(=O)n(-c4cnsc4)n3)c(Cl)c2)N=C1C#N.Cc1cc(OCP(C)(=O)O)cc(C)c1Cc1ccc(=O)n(C(C)C)n1. The second-order valence-electron chi connectivity index (χ2n) is 34.0. The number of hydrogen-bond donors (Lipinski definition) is 5. The number of aryl methyl sites for hydroxylation is 2. The number of anilines is 4. The van der Waals surface area contributed by atoms with Crippen LogP contribution in [0.2, 0.25) is 40.2 Å². The zero-order valence-corrected chi connectivity index (χ0v) is 87.8. The number of ether oxygens (including phenoxy) is 2. The van der Waals surface area contributed by atoms with Gasteiger partial charge in [0.2, 0.25) is 13.2 Å². The Hall–Kier alpha value is -15.1. The number of rotatable bonds is 22. The van der Waals surface area contributed by atoms with Gasteiger partial charge in [-0.05, 0) is 207 Å². The molecule has 5 aromatic carbocycles. The van der Waals surface area contributed by atoms with Gasteiger partial charge in [0.05, 0.1) is 114 Å². The van der Waals surface area contributed by atoms with Crippen LogP contribution in [-0.4, -0.2) is 118 Å². The lowest BCUT2D eigenvalue weighted by atomic mass is 9.81. The predicted molar refractivity (Wildman–Crippen MR) is 562 cm³/mol. The Kier molecular flexibility index (Phi) is 36.0. The number of halogens is 8. The minimum Gasteiger partial charge on any atom is -0.484 e. The van der Waals surface area contributed by atoms with Gasteiger partial charge in [-0.1, -0.05) is 126 Å². The first-order valence-corrected chi connectivity index (χ1v) is 49.6. The van der Waals surface area contributed by atoms with E-state index < -0.39 is 36.9 Å². The second kappa shape index (κ2) is 47.2. The first-order chi connectivity index (χ1) is 68.7. The largest absolute Gasteiger partial charge is 0.484 e. The fraction of sp³-hybridized carbons (Fsp3) is 0.240. The van der Waals surface area contributed by atoms with E-state index in [1.54, 1.807) is 35.7 Å². The molecule has 2 unspecified atom stereocenters. The lowest BCUT2D eigenvalue weighted by molar-refractivity contribution is 0.247. The third-order valence-electron chi connectivity index (χ3n) is 21.4. The van der Waals surface area contributed by atoms with Crippen molar-refractivity contribution in [2.24, 2.45) is 20.4 Å². The van der Waals surface area contributed by atoms with Crippen LogP contribution in [0.5, 0.6) is 17.4 Å². The number of benzene rings is 5. The first kappa shape index (κ1) is 111. The topological polar surface area (TPSA) is 517 Å². The summed E-state index contributed by atoms with van der Waals surface area (Å²) in [7, 11) is -3.21. The van der Waals surface area contributed by atoms with Crippen LogP contribution in [-0.2, 0) is 22.8 Å². The van der Waals surface area contributed by atoms with Crippen molar-refractivity contribution < 1.29 is 38.1 Å². The van der Waals surface area contributed by atoms with Crippen molar-refractivity contribution in [3.05, 3.63) is 330 Å². The van der Waals surface area contributed by atoms with E-state index in [4.69, 9.17) is 118 Å². The molecule has 0 bridgehead atoms. The number of nitrogens with zero attached hydrogens (tertiary/aromatic N) is 23. The molecule has 40 nitrogen and oxygen atoms in total. The zero-order valence-electron chi connectivity index (χ0n) is 80.0. The molecule has 0 saturated heterocycles. The van der Waals surface area contributed by atoms with E-state index in [0.29, 0.717) is 89.5 Å². The van der Waals surface area contributed by atoms with Gasteiger partial charge in [-0.2, -0.15) is 90.9 Å². The van der Waals surface area contributed by atoms with Gasteiger partial charge in [0.1, 0.15) is 30.0 Å². The summed E-state index contributed by atoms with van der Waals surface area (Å²) in [4.78, 5) is 118. The molecule has 752 valence electrons. The van der Waals surface area contributed by atoms with Gasteiger partial charge in [0.15, 0.2) is 34.9 Å². The van der Waals surface area contributed by atoms with Gasteiger partial charge in [-0.15, -0.1) is 5.10 Å². The molecule has 0 saturated carbocycles. The maximum Gasteiger partial charge on any atom is 0.347 e. The number of nitrogens with one attached hydrogen (secondary N) is 4. The van der Waals surface area contributed by atoms with Gasteiger partial charge in [-0.3, -0.25) is 28.5 Å². The van der Waals surface area contributed by atoms with Gasteiger partial charge >= 0.3 is 24.1 Å². The van der Waals surface area contributed by atoms with E-state index in [1.807, 2.05) is 126 Å². The lowest BCUT2D eigenvalue weighted by Crippen LogP contribution is -2.43. The van der Waals surface area contributed by atoms with E-state index >= 15 is 0 Å². The fourth-order valence-electron chi connectivity index (χ4n) is 14.1. The van der Waals surface area contributed by atoms with Crippen molar-refractivity contribution in [2.45, 2.75) is 138 Å². The predicted octanol–water partition coefficient (Wildman–Crippen LogP) is 19.2. The second-order valence-corrected chi connectivity index (χ2v) is 40.2. The quantitative estimate of drug-likeness (QED) is 0.0393. The smallest absolute Gasteiger partial charge is 0.347 e. The Bertz CT molecular complexity index is 7760. The minimum absolute atomic E-state index is 0.00800. The molecule has 2 atom stereocenters. The van der Waals surface area contributed by atoms with Gasteiger partial charge < -0.3 is 35.6 Å². The number of carbonyl (C=O) groups is 4. The molecule has 10 heterocycles. The number of hydrogen-bond acceptors (Lipinski definition) is 27. The average molecular weight is 2170 g/mol. The number of urea groups is 4.